The maximum absolute atomic E-state index is 12.0. The highest BCUT2D eigenvalue weighted by Gasteiger charge is 2.07. The van der Waals surface area contributed by atoms with Crippen LogP contribution in [0.2, 0.25) is 0 Å². The summed E-state index contributed by atoms with van der Waals surface area (Å²) in [7, 11) is 0. The van der Waals surface area contributed by atoms with Gasteiger partial charge in [-0.25, -0.2) is 0 Å². The molecule has 1 heterocycles. The number of aromatic amines is 1. The number of amides is 1. The van der Waals surface area contributed by atoms with Gasteiger partial charge in [-0.15, -0.1) is 0 Å². The van der Waals surface area contributed by atoms with Gasteiger partial charge in [0, 0.05) is 5.39 Å². The minimum absolute atomic E-state index is 0.113. The molecule has 20 heavy (non-hydrogen) atoms. The van der Waals surface area contributed by atoms with Crippen molar-refractivity contribution in [2.24, 2.45) is 0 Å². The Balaban J connectivity index is 1.76. The number of nitrogens with zero attached hydrogens (tertiary/aromatic N) is 1. The number of carbonyl (C=O) groups excluding carboxylic acids is 1. The summed E-state index contributed by atoms with van der Waals surface area (Å²) >= 11 is 0. The van der Waals surface area contributed by atoms with Crippen LogP contribution in [-0.4, -0.2) is 21.2 Å². The maximum Gasteiger partial charge on any atom is 0.228 e. The third-order valence-corrected chi connectivity index (χ3v) is 3.05. The van der Waals surface area contributed by atoms with E-state index in [9.17, 15) is 9.90 Å². The van der Waals surface area contributed by atoms with Gasteiger partial charge in [0.2, 0.25) is 5.91 Å². The van der Waals surface area contributed by atoms with Gasteiger partial charge in [0.1, 0.15) is 5.75 Å². The highest BCUT2D eigenvalue weighted by atomic mass is 16.3. The van der Waals surface area contributed by atoms with E-state index in [-0.39, 0.29) is 18.1 Å². The number of aromatic nitrogens is 2. The van der Waals surface area contributed by atoms with E-state index in [2.05, 4.69) is 15.5 Å². The van der Waals surface area contributed by atoms with E-state index >= 15 is 0 Å². The lowest BCUT2D eigenvalue weighted by Crippen LogP contribution is -2.14. The number of para-hydroxylation sites is 1. The summed E-state index contributed by atoms with van der Waals surface area (Å²) in [5.74, 6) is 0.0779. The Morgan fingerprint density at radius 1 is 1.20 bits per heavy atom. The normalized spacial score (nSPS) is 10.6. The second-order valence-electron chi connectivity index (χ2n) is 4.53. The number of hydrogen-bond acceptors (Lipinski definition) is 3. The number of rotatable bonds is 3. The summed E-state index contributed by atoms with van der Waals surface area (Å²) in [5.41, 5.74) is 2.37. The fraction of sp³-hybridized carbons (Fsp3) is 0.0667. The molecule has 0 aliphatic carbocycles. The Hall–Kier alpha value is -2.82. The lowest BCUT2D eigenvalue weighted by Gasteiger charge is -2.06. The minimum Gasteiger partial charge on any atom is -0.508 e. The number of nitrogens with one attached hydrogen (secondary N) is 2. The van der Waals surface area contributed by atoms with Crippen LogP contribution in [0.25, 0.3) is 10.9 Å². The van der Waals surface area contributed by atoms with Gasteiger partial charge in [0.25, 0.3) is 0 Å². The van der Waals surface area contributed by atoms with E-state index in [1.165, 1.54) is 0 Å². The fourth-order valence-corrected chi connectivity index (χ4v) is 2.07. The summed E-state index contributed by atoms with van der Waals surface area (Å²) in [5, 5.41) is 19.8. The summed E-state index contributed by atoms with van der Waals surface area (Å²) in [4.78, 5) is 12.0. The fourth-order valence-electron chi connectivity index (χ4n) is 2.07. The van der Waals surface area contributed by atoms with Crippen molar-refractivity contribution in [3.05, 3.63) is 54.2 Å². The van der Waals surface area contributed by atoms with Crippen LogP contribution in [0.15, 0.2) is 48.7 Å². The molecule has 0 saturated heterocycles. The lowest BCUT2D eigenvalue weighted by molar-refractivity contribution is -0.115. The van der Waals surface area contributed by atoms with Gasteiger partial charge in [-0.05, 0) is 23.8 Å². The number of anilines is 1. The third kappa shape index (κ3) is 2.47. The van der Waals surface area contributed by atoms with Gasteiger partial charge < -0.3 is 10.4 Å². The van der Waals surface area contributed by atoms with Crippen molar-refractivity contribution in [2.75, 3.05) is 5.32 Å². The topological polar surface area (TPSA) is 78.0 Å². The van der Waals surface area contributed by atoms with E-state index in [1.54, 1.807) is 30.5 Å². The first-order valence-electron chi connectivity index (χ1n) is 6.22. The van der Waals surface area contributed by atoms with Gasteiger partial charge >= 0.3 is 0 Å². The maximum atomic E-state index is 12.0. The second-order valence-corrected chi connectivity index (χ2v) is 4.53. The van der Waals surface area contributed by atoms with Crippen molar-refractivity contribution >= 4 is 22.5 Å². The van der Waals surface area contributed by atoms with Gasteiger partial charge in [-0.1, -0.05) is 24.3 Å². The molecule has 0 spiro atoms. The first-order valence-corrected chi connectivity index (χ1v) is 6.22. The molecule has 3 aromatic rings. The number of aromatic hydroxyl groups is 1. The monoisotopic (exact) mass is 267 g/mol. The molecule has 0 radical (unpaired) electrons. The molecule has 3 N–H and O–H groups in total. The van der Waals surface area contributed by atoms with Crippen LogP contribution in [0.4, 0.5) is 5.69 Å². The van der Waals surface area contributed by atoms with Gasteiger partial charge in [-0.3, -0.25) is 9.89 Å². The first-order chi connectivity index (χ1) is 9.72. The quantitative estimate of drug-likeness (QED) is 0.682. The molecule has 2 aromatic carbocycles. The minimum atomic E-state index is -0.113. The standard InChI is InChI=1S/C15H13N3O2/c19-12-6-4-10(5-7-12)8-14(20)17-13-3-1-2-11-9-16-18-15(11)13/h1-7,9,19H,8H2,(H,16,18)(H,17,20). The summed E-state index contributed by atoms with van der Waals surface area (Å²) in [6, 6.07) is 12.2. The molecule has 5 heteroatoms. The number of H-pyrrole nitrogens is 1. The van der Waals surface area contributed by atoms with Crippen LogP contribution in [0.1, 0.15) is 5.56 Å². The third-order valence-electron chi connectivity index (χ3n) is 3.05. The zero-order chi connectivity index (χ0) is 13.9. The molecule has 0 unspecified atom stereocenters. The van der Waals surface area contributed by atoms with Crippen LogP contribution in [0, 0.1) is 0 Å². The zero-order valence-corrected chi connectivity index (χ0v) is 10.6. The number of hydrogen-bond donors (Lipinski definition) is 3. The average molecular weight is 267 g/mol. The number of carbonyl (C=O) groups is 1. The van der Waals surface area contributed by atoms with E-state index in [4.69, 9.17) is 0 Å². The van der Waals surface area contributed by atoms with Crippen LogP contribution < -0.4 is 5.32 Å². The van der Waals surface area contributed by atoms with Crippen molar-refractivity contribution in [3.63, 3.8) is 0 Å². The Labute approximate surface area is 115 Å². The molecule has 0 aliphatic heterocycles. The SMILES string of the molecule is O=C(Cc1ccc(O)cc1)Nc1cccc2cn[nH]c12. The molecular formula is C15H13N3O2. The number of benzene rings is 2. The van der Waals surface area contributed by atoms with Crippen LogP contribution in [0.5, 0.6) is 5.75 Å². The van der Waals surface area contributed by atoms with Crippen LogP contribution in [-0.2, 0) is 11.2 Å². The van der Waals surface area contributed by atoms with Crippen molar-refractivity contribution in [1.82, 2.24) is 10.2 Å². The molecular weight excluding hydrogens is 254 g/mol. The smallest absolute Gasteiger partial charge is 0.228 e. The molecule has 1 aromatic heterocycles. The Kier molecular flexibility index (Phi) is 3.09. The number of fused-ring (bicyclic) bond motifs is 1. The predicted octanol–water partition coefficient (Wildman–Crippen LogP) is 2.45. The Morgan fingerprint density at radius 2 is 2.00 bits per heavy atom. The first kappa shape index (κ1) is 12.2. The number of phenolic OH excluding ortho intramolecular Hbond substituents is 1. The lowest BCUT2D eigenvalue weighted by atomic mass is 10.1. The van der Waals surface area contributed by atoms with Crippen molar-refractivity contribution < 1.29 is 9.90 Å². The Bertz CT molecular complexity index is 747. The van der Waals surface area contributed by atoms with Crippen molar-refractivity contribution in [3.8, 4) is 5.75 Å². The van der Waals surface area contributed by atoms with Crippen LogP contribution >= 0.6 is 0 Å². The van der Waals surface area contributed by atoms with Crippen LogP contribution in [0.3, 0.4) is 0 Å². The highest BCUT2D eigenvalue weighted by Crippen LogP contribution is 2.20. The zero-order valence-electron chi connectivity index (χ0n) is 10.6. The van der Waals surface area contributed by atoms with Crippen molar-refractivity contribution in [1.29, 1.82) is 0 Å². The highest BCUT2D eigenvalue weighted by molar-refractivity contribution is 6.00. The summed E-state index contributed by atoms with van der Waals surface area (Å²) < 4.78 is 0. The Morgan fingerprint density at radius 3 is 2.80 bits per heavy atom. The molecule has 1 amide bonds. The molecule has 0 bridgehead atoms. The van der Waals surface area contributed by atoms with E-state index < -0.39 is 0 Å². The van der Waals surface area contributed by atoms with Gasteiger partial charge in [-0.2, -0.15) is 5.10 Å². The molecule has 0 atom stereocenters. The molecule has 100 valence electrons. The second kappa shape index (κ2) is 5.05. The van der Waals surface area contributed by atoms with Crippen molar-refractivity contribution in [2.45, 2.75) is 6.42 Å². The van der Waals surface area contributed by atoms with Gasteiger partial charge in [0.15, 0.2) is 0 Å². The summed E-state index contributed by atoms with van der Waals surface area (Å²) in [6.45, 7) is 0. The number of phenols is 1. The van der Waals surface area contributed by atoms with Gasteiger partial charge in [0.05, 0.1) is 23.8 Å². The molecule has 5 nitrogen and oxygen atoms in total. The predicted molar refractivity (Wildman–Crippen MR) is 76.5 cm³/mol. The van der Waals surface area contributed by atoms with E-state index in [1.807, 2.05) is 18.2 Å². The van der Waals surface area contributed by atoms with E-state index in [0.29, 0.717) is 5.69 Å². The average Bonchev–Trinajstić information content (AvgIpc) is 2.91. The molecule has 3 rings (SSSR count). The molecule has 0 saturated carbocycles. The summed E-state index contributed by atoms with van der Waals surface area (Å²) in [6.07, 6.45) is 1.97. The van der Waals surface area contributed by atoms with E-state index in [0.717, 1.165) is 16.5 Å². The molecule has 0 aliphatic rings. The molecule has 0 fully saturated rings. The largest absolute Gasteiger partial charge is 0.508 e.